The van der Waals surface area contributed by atoms with Crippen LogP contribution in [0.15, 0.2) is 54.6 Å². The molecular formula is C27H33N5O2. The summed E-state index contributed by atoms with van der Waals surface area (Å²) in [6, 6.07) is 18.4. The lowest BCUT2D eigenvalue weighted by molar-refractivity contribution is -0.117. The molecule has 1 aliphatic heterocycles. The summed E-state index contributed by atoms with van der Waals surface area (Å²) in [4.78, 5) is 17.3. The summed E-state index contributed by atoms with van der Waals surface area (Å²) >= 11 is 0. The molecule has 0 unspecified atom stereocenters. The number of carbonyl (C=O) groups excluding carboxylic acids is 1. The molecule has 1 amide bonds. The summed E-state index contributed by atoms with van der Waals surface area (Å²) < 4.78 is 7.53. The topological polar surface area (TPSA) is 62.6 Å². The lowest BCUT2D eigenvalue weighted by Gasteiger charge is -2.29. The summed E-state index contributed by atoms with van der Waals surface area (Å²) in [7, 11) is 0. The number of benzene rings is 2. The van der Waals surface area contributed by atoms with Crippen molar-refractivity contribution in [2.45, 2.75) is 32.7 Å². The highest BCUT2D eigenvalue weighted by molar-refractivity contribution is 5.92. The van der Waals surface area contributed by atoms with E-state index in [2.05, 4.69) is 51.0 Å². The highest BCUT2D eigenvalue weighted by Gasteiger charge is 2.24. The number of anilines is 2. The minimum absolute atomic E-state index is 0.000102. The maximum atomic E-state index is 12.8. The Morgan fingerprint density at radius 3 is 2.53 bits per heavy atom. The Morgan fingerprint density at radius 2 is 1.79 bits per heavy atom. The number of carbonyl (C=O) groups is 1. The van der Waals surface area contributed by atoms with Crippen LogP contribution < -0.4 is 10.2 Å². The van der Waals surface area contributed by atoms with E-state index in [1.165, 1.54) is 23.4 Å². The number of likely N-dealkylation sites (N-methyl/N-ethyl adjacent to an activating group) is 1. The van der Waals surface area contributed by atoms with E-state index in [1.54, 1.807) is 0 Å². The van der Waals surface area contributed by atoms with Gasteiger partial charge in [0.15, 0.2) is 0 Å². The molecular weight excluding hydrogens is 426 g/mol. The molecule has 178 valence electrons. The van der Waals surface area contributed by atoms with Crippen molar-refractivity contribution in [1.82, 2.24) is 14.7 Å². The minimum atomic E-state index is 0.000102. The van der Waals surface area contributed by atoms with Gasteiger partial charge in [0.25, 0.3) is 0 Å². The van der Waals surface area contributed by atoms with Gasteiger partial charge in [-0.15, -0.1) is 0 Å². The first-order valence-electron chi connectivity index (χ1n) is 12.3. The van der Waals surface area contributed by atoms with Crippen LogP contribution in [-0.2, 0) is 28.9 Å². The van der Waals surface area contributed by atoms with Gasteiger partial charge in [-0.2, -0.15) is 5.10 Å². The van der Waals surface area contributed by atoms with Gasteiger partial charge in [-0.05, 0) is 67.8 Å². The van der Waals surface area contributed by atoms with Crippen molar-refractivity contribution in [3.63, 3.8) is 0 Å². The molecule has 0 spiro atoms. The van der Waals surface area contributed by atoms with Gasteiger partial charge in [0, 0.05) is 36.7 Å². The highest BCUT2D eigenvalue weighted by atomic mass is 16.5. The second kappa shape index (κ2) is 10.4. The number of nitrogens with one attached hydrogen (secondary N) is 1. The van der Waals surface area contributed by atoms with Gasteiger partial charge < -0.3 is 15.0 Å². The van der Waals surface area contributed by atoms with Gasteiger partial charge in [-0.1, -0.05) is 25.1 Å². The normalized spacial score (nSPS) is 15.5. The van der Waals surface area contributed by atoms with Gasteiger partial charge in [0.1, 0.15) is 0 Å². The lowest BCUT2D eigenvalue weighted by atomic mass is 10.2. The average Bonchev–Trinajstić information content (AvgIpc) is 3.49. The molecule has 1 aliphatic carbocycles. The largest absolute Gasteiger partial charge is 0.378 e. The Bertz CT molecular complexity index is 1100. The third-order valence-corrected chi connectivity index (χ3v) is 6.73. The number of nitrogens with zero attached hydrogens (tertiary/aromatic N) is 4. The molecule has 3 aromatic rings. The predicted octanol–water partition coefficient (Wildman–Crippen LogP) is 3.66. The van der Waals surface area contributed by atoms with Crippen LogP contribution in [-0.4, -0.2) is 60.0 Å². The third-order valence-electron chi connectivity index (χ3n) is 6.73. The van der Waals surface area contributed by atoms with E-state index in [0.717, 1.165) is 62.8 Å². The van der Waals surface area contributed by atoms with Crippen molar-refractivity contribution in [3.8, 4) is 5.69 Å². The molecule has 1 N–H and O–H groups in total. The fourth-order valence-corrected chi connectivity index (χ4v) is 4.90. The lowest BCUT2D eigenvalue weighted by Crippen LogP contribution is -2.36. The summed E-state index contributed by atoms with van der Waals surface area (Å²) in [5.74, 6) is 0.000102. The second-order valence-electron chi connectivity index (χ2n) is 8.97. The Morgan fingerprint density at radius 1 is 1.03 bits per heavy atom. The predicted molar refractivity (Wildman–Crippen MR) is 135 cm³/mol. The van der Waals surface area contributed by atoms with Gasteiger partial charge in [0.2, 0.25) is 5.91 Å². The Labute approximate surface area is 201 Å². The number of hydrogen-bond donors (Lipinski definition) is 1. The van der Waals surface area contributed by atoms with E-state index in [0.29, 0.717) is 13.1 Å². The molecule has 0 bridgehead atoms. The molecule has 0 saturated carbocycles. The molecule has 0 atom stereocenters. The molecule has 7 nitrogen and oxygen atoms in total. The number of amides is 1. The van der Waals surface area contributed by atoms with Crippen LogP contribution in [0, 0.1) is 0 Å². The zero-order valence-electron chi connectivity index (χ0n) is 19.9. The third kappa shape index (κ3) is 5.00. The summed E-state index contributed by atoms with van der Waals surface area (Å²) in [5, 5.41) is 8.02. The first kappa shape index (κ1) is 22.6. The number of morpholine rings is 1. The van der Waals surface area contributed by atoms with Crippen LogP contribution >= 0.6 is 0 Å². The maximum absolute atomic E-state index is 12.8. The van der Waals surface area contributed by atoms with Crippen LogP contribution in [0.25, 0.3) is 5.69 Å². The van der Waals surface area contributed by atoms with E-state index in [9.17, 15) is 4.79 Å². The quantitative estimate of drug-likeness (QED) is 0.557. The number of ether oxygens (including phenoxy) is 1. The Kier molecular flexibility index (Phi) is 6.92. The van der Waals surface area contributed by atoms with E-state index in [1.807, 2.05) is 30.3 Å². The number of fused-ring (bicyclic) bond motifs is 1. The zero-order valence-corrected chi connectivity index (χ0v) is 19.9. The fraction of sp³-hybridized carbons (Fsp3) is 0.407. The van der Waals surface area contributed by atoms with Crippen LogP contribution in [0.4, 0.5) is 11.4 Å². The maximum Gasteiger partial charge on any atom is 0.238 e. The standard InChI is InChI=1S/C27H33N5O2/c1-2-30(19-25-24-9-6-10-26(24)32(29-25)23-7-4-3-5-8-23)20-27(33)28-21-11-13-22(14-12-21)31-15-17-34-18-16-31/h3-5,7-8,11-14H,2,6,9-10,15-20H2,1H3,(H,28,33). The monoisotopic (exact) mass is 459 g/mol. The summed E-state index contributed by atoms with van der Waals surface area (Å²) in [6.07, 6.45) is 3.29. The molecule has 2 aliphatic rings. The molecule has 5 rings (SSSR count). The smallest absolute Gasteiger partial charge is 0.238 e. The van der Waals surface area contributed by atoms with Gasteiger partial charge in [0.05, 0.1) is 31.1 Å². The molecule has 1 fully saturated rings. The SMILES string of the molecule is CCN(CC(=O)Nc1ccc(N2CCOCC2)cc1)Cc1nn(-c2ccccc2)c2c1CCC2. The Hall–Kier alpha value is -3.16. The number of aromatic nitrogens is 2. The average molecular weight is 460 g/mol. The van der Waals surface area contributed by atoms with Gasteiger partial charge >= 0.3 is 0 Å². The van der Waals surface area contributed by atoms with Crippen molar-refractivity contribution >= 4 is 17.3 Å². The van der Waals surface area contributed by atoms with E-state index in [4.69, 9.17) is 9.84 Å². The van der Waals surface area contributed by atoms with E-state index < -0.39 is 0 Å². The van der Waals surface area contributed by atoms with Crippen molar-refractivity contribution in [2.24, 2.45) is 0 Å². The van der Waals surface area contributed by atoms with Crippen LogP contribution in [0.3, 0.4) is 0 Å². The van der Waals surface area contributed by atoms with Crippen LogP contribution in [0.1, 0.15) is 30.3 Å². The van der Waals surface area contributed by atoms with Crippen molar-refractivity contribution in [3.05, 3.63) is 71.5 Å². The molecule has 2 aromatic carbocycles. The van der Waals surface area contributed by atoms with Gasteiger partial charge in [-0.25, -0.2) is 4.68 Å². The van der Waals surface area contributed by atoms with Crippen molar-refractivity contribution < 1.29 is 9.53 Å². The first-order valence-corrected chi connectivity index (χ1v) is 12.3. The van der Waals surface area contributed by atoms with Gasteiger partial charge in [-0.3, -0.25) is 9.69 Å². The molecule has 0 radical (unpaired) electrons. The molecule has 2 heterocycles. The fourth-order valence-electron chi connectivity index (χ4n) is 4.90. The van der Waals surface area contributed by atoms with E-state index in [-0.39, 0.29) is 5.91 Å². The molecule has 7 heteroatoms. The van der Waals surface area contributed by atoms with Crippen LogP contribution in [0.2, 0.25) is 0 Å². The number of para-hydroxylation sites is 1. The Balaban J connectivity index is 1.22. The summed E-state index contributed by atoms with van der Waals surface area (Å²) in [5.41, 5.74) is 6.88. The molecule has 1 saturated heterocycles. The molecule has 1 aromatic heterocycles. The van der Waals surface area contributed by atoms with Crippen molar-refractivity contribution in [2.75, 3.05) is 49.6 Å². The summed E-state index contributed by atoms with van der Waals surface area (Å²) in [6.45, 7) is 7.24. The number of hydrogen-bond acceptors (Lipinski definition) is 5. The zero-order chi connectivity index (χ0) is 23.3. The highest BCUT2D eigenvalue weighted by Crippen LogP contribution is 2.28. The minimum Gasteiger partial charge on any atom is -0.378 e. The number of rotatable bonds is 8. The van der Waals surface area contributed by atoms with E-state index >= 15 is 0 Å². The van der Waals surface area contributed by atoms with Crippen LogP contribution in [0.5, 0.6) is 0 Å². The first-order chi connectivity index (χ1) is 16.7. The van der Waals surface area contributed by atoms with Crippen molar-refractivity contribution in [1.29, 1.82) is 0 Å². The molecule has 34 heavy (non-hydrogen) atoms. The second-order valence-corrected chi connectivity index (χ2v) is 8.97.